The molecule has 2 fully saturated rings. The average Bonchev–Trinajstić information content (AvgIpc) is 3.08. The summed E-state index contributed by atoms with van der Waals surface area (Å²) >= 11 is 1.62. The Hall–Kier alpha value is -1.89. The van der Waals surface area contributed by atoms with Gasteiger partial charge < -0.3 is 10.2 Å². The van der Waals surface area contributed by atoms with E-state index in [-0.39, 0.29) is 11.8 Å². The first-order valence-electron chi connectivity index (χ1n) is 8.51. The van der Waals surface area contributed by atoms with Crippen LogP contribution in [-0.4, -0.2) is 41.4 Å². The van der Waals surface area contributed by atoms with Crippen molar-refractivity contribution >= 4 is 29.2 Å². The molecule has 0 radical (unpaired) electrons. The summed E-state index contributed by atoms with van der Waals surface area (Å²) in [5.74, 6) is 0.483. The van der Waals surface area contributed by atoms with Crippen molar-refractivity contribution in [1.29, 1.82) is 0 Å². The van der Waals surface area contributed by atoms with Crippen molar-refractivity contribution in [2.75, 3.05) is 13.1 Å². The van der Waals surface area contributed by atoms with Crippen LogP contribution in [0.3, 0.4) is 0 Å². The molecule has 1 aromatic rings. The lowest BCUT2D eigenvalue weighted by Gasteiger charge is -2.36. The number of nitrogens with one attached hydrogen (secondary N) is 2. The molecule has 7 heteroatoms. The Bertz CT molecular complexity index is 719. The minimum Gasteiger partial charge on any atom is -0.338 e. The van der Waals surface area contributed by atoms with Crippen molar-refractivity contribution in [1.82, 2.24) is 15.5 Å². The molecule has 128 valence electrons. The van der Waals surface area contributed by atoms with Crippen molar-refractivity contribution in [3.8, 4) is 0 Å². The molecular formula is C17H21N3O3S. The fraction of sp³-hybridized carbons (Fsp3) is 0.588. The molecule has 3 aliphatic rings. The minimum absolute atomic E-state index is 0.0571. The van der Waals surface area contributed by atoms with E-state index in [2.05, 4.69) is 23.6 Å². The van der Waals surface area contributed by atoms with Gasteiger partial charge in [0.15, 0.2) is 0 Å². The fourth-order valence-corrected chi connectivity index (χ4v) is 5.12. The fourth-order valence-electron chi connectivity index (χ4n) is 3.94. The summed E-state index contributed by atoms with van der Waals surface area (Å²) in [5, 5.41) is 5.03. The number of hydrogen-bond donors (Lipinski definition) is 2. The Labute approximate surface area is 144 Å². The van der Waals surface area contributed by atoms with Crippen LogP contribution in [0.25, 0.3) is 0 Å². The van der Waals surface area contributed by atoms with E-state index in [1.807, 2.05) is 4.90 Å². The molecule has 4 amide bonds. The molecule has 1 unspecified atom stereocenters. The normalized spacial score (nSPS) is 25.4. The Kier molecular flexibility index (Phi) is 3.63. The summed E-state index contributed by atoms with van der Waals surface area (Å²) in [4.78, 5) is 40.1. The monoisotopic (exact) mass is 347 g/mol. The van der Waals surface area contributed by atoms with Gasteiger partial charge in [-0.2, -0.15) is 0 Å². The van der Waals surface area contributed by atoms with Crippen LogP contribution in [0.1, 0.15) is 46.3 Å². The maximum absolute atomic E-state index is 12.8. The number of carbonyl (C=O) groups is 3. The van der Waals surface area contributed by atoms with Crippen LogP contribution < -0.4 is 10.6 Å². The van der Waals surface area contributed by atoms with Gasteiger partial charge >= 0.3 is 6.03 Å². The van der Waals surface area contributed by atoms with Gasteiger partial charge in [0.2, 0.25) is 0 Å². The molecule has 1 aliphatic carbocycles. The van der Waals surface area contributed by atoms with Gasteiger partial charge in [0, 0.05) is 18.0 Å². The lowest BCUT2D eigenvalue weighted by Crippen LogP contribution is -2.55. The number of rotatable bonds is 1. The smallest absolute Gasteiger partial charge is 0.322 e. The number of amides is 4. The molecule has 0 saturated carbocycles. The van der Waals surface area contributed by atoms with E-state index in [1.54, 1.807) is 11.3 Å². The molecule has 2 aliphatic heterocycles. The second-order valence-electron chi connectivity index (χ2n) is 7.19. The summed E-state index contributed by atoms with van der Waals surface area (Å²) < 4.78 is 0. The van der Waals surface area contributed by atoms with Gasteiger partial charge in [-0.15, -0.1) is 11.3 Å². The van der Waals surface area contributed by atoms with Crippen molar-refractivity contribution < 1.29 is 14.4 Å². The van der Waals surface area contributed by atoms with Gasteiger partial charge in [0.1, 0.15) is 5.54 Å². The number of piperidine rings is 1. The highest BCUT2D eigenvalue weighted by Gasteiger charge is 2.48. The number of hydrogen-bond acceptors (Lipinski definition) is 4. The van der Waals surface area contributed by atoms with Crippen LogP contribution in [0.2, 0.25) is 0 Å². The molecule has 6 nitrogen and oxygen atoms in total. The van der Waals surface area contributed by atoms with E-state index in [9.17, 15) is 14.4 Å². The van der Waals surface area contributed by atoms with Crippen LogP contribution in [-0.2, 0) is 17.6 Å². The Morgan fingerprint density at radius 2 is 2.08 bits per heavy atom. The summed E-state index contributed by atoms with van der Waals surface area (Å²) in [7, 11) is 0. The van der Waals surface area contributed by atoms with E-state index in [1.165, 1.54) is 16.9 Å². The first-order valence-corrected chi connectivity index (χ1v) is 9.33. The van der Waals surface area contributed by atoms with Gasteiger partial charge in [-0.25, -0.2) is 4.79 Å². The quantitative estimate of drug-likeness (QED) is 0.759. The largest absolute Gasteiger partial charge is 0.338 e. The average molecular weight is 347 g/mol. The number of nitrogens with zero attached hydrogens (tertiary/aromatic N) is 1. The van der Waals surface area contributed by atoms with Crippen LogP contribution >= 0.6 is 11.3 Å². The highest BCUT2D eigenvalue weighted by atomic mass is 32.1. The first kappa shape index (κ1) is 15.6. The number of urea groups is 1. The predicted octanol–water partition coefficient (Wildman–Crippen LogP) is 1.69. The van der Waals surface area contributed by atoms with Gasteiger partial charge in [-0.05, 0) is 49.7 Å². The molecule has 3 heterocycles. The van der Waals surface area contributed by atoms with E-state index in [4.69, 9.17) is 0 Å². The molecule has 0 aromatic carbocycles. The third kappa shape index (κ3) is 2.51. The van der Waals surface area contributed by atoms with Crippen molar-refractivity contribution in [3.05, 3.63) is 21.4 Å². The number of aryl methyl sites for hydroxylation is 1. The molecule has 1 spiro atoms. The van der Waals surface area contributed by atoms with Gasteiger partial charge in [0.05, 0.1) is 4.88 Å². The molecule has 24 heavy (non-hydrogen) atoms. The van der Waals surface area contributed by atoms with Gasteiger partial charge in [-0.1, -0.05) is 6.92 Å². The Morgan fingerprint density at radius 1 is 1.33 bits per heavy atom. The van der Waals surface area contributed by atoms with E-state index < -0.39 is 11.6 Å². The maximum atomic E-state index is 12.8. The summed E-state index contributed by atoms with van der Waals surface area (Å²) in [5.41, 5.74) is 0.510. The molecule has 4 rings (SSSR count). The van der Waals surface area contributed by atoms with Crippen LogP contribution in [0.15, 0.2) is 6.07 Å². The summed E-state index contributed by atoms with van der Waals surface area (Å²) in [6.45, 7) is 3.24. The Morgan fingerprint density at radius 3 is 2.75 bits per heavy atom. The van der Waals surface area contributed by atoms with E-state index >= 15 is 0 Å². The molecular weight excluding hydrogens is 326 g/mol. The van der Waals surface area contributed by atoms with Crippen molar-refractivity contribution in [2.24, 2.45) is 5.92 Å². The zero-order chi connectivity index (χ0) is 16.9. The maximum Gasteiger partial charge on any atom is 0.322 e. The third-order valence-corrected chi connectivity index (χ3v) is 6.68. The highest BCUT2D eigenvalue weighted by molar-refractivity contribution is 7.14. The number of fused-ring (bicyclic) bond motifs is 1. The molecule has 2 saturated heterocycles. The summed E-state index contributed by atoms with van der Waals surface area (Å²) in [6.07, 6.45) is 4.28. The predicted molar refractivity (Wildman–Crippen MR) is 90.1 cm³/mol. The minimum atomic E-state index is -0.821. The third-order valence-electron chi connectivity index (χ3n) is 5.46. The Balaban J connectivity index is 1.45. The molecule has 1 atom stereocenters. The van der Waals surface area contributed by atoms with Gasteiger partial charge in [-0.3, -0.25) is 14.9 Å². The van der Waals surface area contributed by atoms with Gasteiger partial charge in [0.25, 0.3) is 11.8 Å². The van der Waals surface area contributed by atoms with Crippen molar-refractivity contribution in [2.45, 2.75) is 44.6 Å². The van der Waals surface area contributed by atoms with Crippen LogP contribution in [0.5, 0.6) is 0 Å². The first-order chi connectivity index (χ1) is 11.5. The molecule has 2 N–H and O–H groups in total. The number of thiophene rings is 1. The number of likely N-dealkylation sites (tertiary alicyclic amines) is 1. The van der Waals surface area contributed by atoms with Crippen LogP contribution in [0.4, 0.5) is 4.79 Å². The SMILES string of the molecule is CC1CCc2sc(C(=O)N3CCC4(CC3)NC(=O)NC4=O)cc2C1. The van der Waals surface area contributed by atoms with E-state index in [0.29, 0.717) is 31.8 Å². The lowest BCUT2D eigenvalue weighted by atomic mass is 9.87. The number of imide groups is 1. The number of carbonyl (C=O) groups excluding carboxylic acids is 3. The zero-order valence-corrected chi connectivity index (χ0v) is 14.5. The molecule has 1 aromatic heterocycles. The second kappa shape index (κ2) is 5.58. The van der Waals surface area contributed by atoms with Crippen LogP contribution in [0, 0.1) is 5.92 Å². The standard InChI is InChI=1S/C17H21N3O3S/c1-10-2-3-12-11(8-10)9-13(24-12)14(21)20-6-4-17(5-7-20)15(22)18-16(23)19-17/h9-10H,2-8H2,1H3,(H2,18,19,22,23). The molecule has 0 bridgehead atoms. The zero-order valence-electron chi connectivity index (χ0n) is 13.7. The summed E-state index contributed by atoms with van der Waals surface area (Å²) in [6, 6.07) is 1.63. The topological polar surface area (TPSA) is 78.5 Å². The van der Waals surface area contributed by atoms with Crippen molar-refractivity contribution in [3.63, 3.8) is 0 Å². The second-order valence-corrected chi connectivity index (χ2v) is 8.33. The lowest BCUT2D eigenvalue weighted by molar-refractivity contribution is -0.125. The van der Waals surface area contributed by atoms with E-state index in [0.717, 1.165) is 17.7 Å². The highest BCUT2D eigenvalue weighted by Crippen LogP contribution is 2.34.